The average Bonchev–Trinajstić information content (AvgIpc) is 3.09. The van der Waals surface area contributed by atoms with Crippen LogP contribution in [0.5, 0.6) is 0 Å². The van der Waals surface area contributed by atoms with E-state index >= 15 is 0 Å². The van der Waals surface area contributed by atoms with Crippen molar-refractivity contribution in [2.75, 3.05) is 18.4 Å². The summed E-state index contributed by atoms with van der Waals surface area (Å²) in [5.74, 6) is -0.389. The normalized spacial score (nSPS) is 18.6. The number of likely N-dealkylation sites (tertiary alicyclic amines) is 1. The molecule has 1 heterocycles. The summed E-state index contributed by atoms with van der Waals surface area (Å²) in [6, 6.07) is 11.8. The van der Waals surface area contributed by atoms with Gasteiger partial charge in [0.05, 0.1) is 17.8 Å². The molecule has 2 aromatic carbocycles. The molecule has 1 saturated heterocycles. The van der Waals surface area contributed by atoms with Crippen molar-refractivity contribution in [1.82, 2.24) is 4.90 Å². The zero-order valence-corrected chi connectivity index (χ0v) is 17.3. The molecule has 2 atom stereocenters. The van der Waals surface area contributed by atoms with Crippen LogP contribution in [0.1, 0.15) is 29.5 Å². The number of alkyl halides is 3. The molecule has 0 aliphatic carbocycles. The van der Waals surface area contributed by atoms with Gasteiger partial charge in [0.1, 0.15) is 0 Å². The second kappa shape index (κ2) is 10.1. The highest BCUT2D eigenvalue weighted by molar-refractivity contribution is 5.90. The van der Waals surface area contributed by atoms with Gasteiger partial charge in [-0.2, -0.15) is 13.2 Å². The Morgan fingerprint density at radius 2 is 1.38 bits per heavy atom. The first kappa shape index (κ1) is 23.7. The first-order valence-electron chi connectivity index (χ1n) is 10.3. The predicted octanol–water partition coefficient (Wildman–Crippen LogP) is 2.77. The minimum atomic E-state index is -4.38. The van der Waals surface area contributed by atoms with E-state index in [1.807, 2.05) is 0 Å². The summed E-state index contributed by atoms with van der Waals surface area (Å²) in [6.45, 7) is 0.273. The minimum absolute atomic E-state index is 0.134. The quantitative estimate of drug-likeness (QED) is 0.605. The van der Waals surface area contributed by atoms with E-state index < -0.39 is 23.9 Å². The average molecular weight is 450 g/mol. The van der Waals surface area contributed by atoms with Crippen molar-refractivity contribution in [1.29, 1.82) is 0 Å². The number of aliphatic hydroxyl groups excluding tert-OH is 2. The highest BCUT2D eigenvalue weighted by Gasteiger charge is 2.32. The molecule has 0 spiro atoms. The summed E-state index contributed by atoms with van der Waals surface area (Å²) in [4.78, 5) is 25.7. The zero-order chi connectivity index (χ0) is 23.3. The molecule has 0 saturated carbocycles. The Hall–Kier alpha value is -2.91. The van der Waals surface area contributed by atoms with Crippen molar-refractivity contribution in [3.63, 3.8) is 0 Å². The molecule has 1 fully saturated rings. The standard InChI is InChI=1S/C23H25F3N2O4/c24-23(25,26)17-7-1-15(2-8-17)5-11-21(31)27-18-9-3-16(4-10-18)6-12-22(32)28-13-19(29)20(30)14-28/h1-4,7-10,19-20,29-30H,5-6,11-14H2,(H,27,31)/t19-,20-/m1/s1. The molecule has 2 aromatic rings. The molecular weight excluding hydrogens is 425 g/mol. The van der Waals surface area contributed by atoms with Gasteiger partial charge in [-0.15, -0.1) is 0 Å². The Bertz CT molecular complexity index is 920. The number of aliphatic hydroxyl groups is 2. The van der Waals surface area contributed by atoms with Crippen LogP contribution in [0.2, 0.25) is 0 Å². The molecule has 32 heavy (non-hydrogen) atoms. The van der Waals surface area contributed by atoms with Gasteiger partial charge in [0.2, 0.25) is 11.8 Å². The summed E-state index contributed by atoms with van der Waals surface area (Å²) in [5, 5.41) is 21.8. The Labute approximate surface area is 183 Å². The maximum atomic E-state index is 12.6. The molecule has 0 radical (unpaired) electrons. The largest absolute Gasteiger partial charge is 0.416 e. The van der Waals surface area contributed by atoms with Crippen LogP contribution >= 0.6 is 0 Å². The highest BCUT2D eigenvalue weighted by Crippen LogP contribution is 2.29. The number of amides is 2. The fraction of sp³-hybridized carbons (Fsp3) is 0.391. The molecule has 1 aliphatic rings. The number of halogens is 3. The van der Waals surface area contributed by atoms with Crippen LogP contribution in [-0.2, 0) is 28.6 Å². The van der Waals surface area contributed by atoms with Crippen LogP contribution in [0.15, 0.2) is 48.5 Å². The van der Waals surface area contributed by atoms with E-state index in [0.717, 1.165) is 17.7 Å². The van der Waals surface area contributed by atoms with Crippen LogP contribution in [0, 0.1) is 0 Å². The van der Waals surface area contributed by atoms with E-state index in [4.69, 9.17) is 0 Å². The number of carbonyl (C=O) groups excluding carboxylic acids is 2. The molecule has 2 amide bonds. The fourth-order valence-corrected chi connectivity index (χ4v) is 3.48. The molecule has 0 aromatic heterocycles. The molecular formula is C23H25F3N2O4. The molecule has 0 bridgehead atoms. The lowest BCUT2D eigenvalue weighted by Gasteiger charge is -2.15. The number of carbonyl (C=O) groups is 2. The van der Waals surface area contributed by atoms with Crippen molar-refractivity contribution in [2.24, 2.45) is 0 Å². The van der Waals surface area contributed by atoms with Crippen LogP contribution in [0.25, 0.3) is 0 Å². The maximum Gasteiger partial charge on any atom is 0.416 e. The van der Waals surface area contributed by atoms with E-state index in [9.17, 15) is 33.0 Å². The highest BCUT2D eigenvalue weighted by atomic mass is 19.4. The van der Waals surface area contributed by atoms with Crippen LogP contribution in [0.4, 0.5) is 18.9 Å². The molecule has 172 valence electrons. The summed E-state index contributed by atoms with van der Waals surface area (Å²) in [6.07, 6.45) is -4.99. The van der Waals surface area contributed by atoms with Crippen molar-refractivity contribution >= 4 is 17.5 Å². The summed E-state index contributed by atoms with van der Waals surface area (Å²) in [5.41, 5.74) is 1.42. The Morgan fingerprint density at radius 3 is 1.91 bits per heavy atom. The lowest BCUT2D eigenvalue weighted by molar-refractivity contribution is -0.137. The smallest absolute Gasteiger partial charge is 0.388 e. The summed E-state index contributed by atoms with van der Waals surface area (Å²) < 4.78 is 37.8. The monoisotopic (exact) mass is 450 g/mol. The molecule has 3 N–H and O–H groups in total. The molecule has 1 aliphatic heterocycles. The van der Waals surface area contributed by atoms with Gasteiger partial charge in [0.25, 0.3) is 0 Å². The maximum absolute atomic E-state index is 12.6. The number of rotatable bonds is 7. The lowest BCUT2D eigenvalue weighted by Crippen LogP contribution is -2.29. The number of nitrogens with zero attached hydrogens (tertiary/aromatic N) is 1. The van der Waals surface area contributed by atoms with E-state index in [-0.39, 0.29) is 37.7 Å². The van der Waals surface area contributed by atoms with Crippen molar-refractivity contribution in [2.45, 2.75) is 44.1 Å². The summed E-state index contributed by atoms with van der Waals surface area (Å²) >= 11 is 0. The topological polar surface area (TPSA) is 89.9 Å². The van der Waals surface area contributed by atoms with Gasteiger partial charge in [0, 0.05) is 31.6 Å². The van der Waals surface area contributed by atoms with Gasteiger partial charge in [-0.1, -0.05) is 24.3 Å². The predicted molar refractivity (Wildman–Crippen MR) is 112 cm³/mol. The second-order valence-electron chi connectivity index (χ2n) is 7.87. The minimum Gasteiger partial charge on any atom is -0.388 e. The van der Waals surface area contributed by atoms with Crippen molar-refractivity contribution < 1.29 is 33.0 Å². The first-order chi connectivity index (χ1) is 15.1. The Kier molecular flexibility index (Phi) is 7.52. The second-order valence-corrected chi connectivity index (χ2v) is 7.87. The van der Waals surface area contributed by atoms with Crippen LogP contribution < -0.4 is 5.32 Å². The van der Waals surface area contributed by atoms with E-state index in [0.29, 0.717) is 24.1 Å². The van der Waals surface area contributed by atoms with Gasteiger partial charge in [-0.05, 0) is 48.2 Å². The van der Waals surface area contributed by atoms with Crippen molar-refractivity contribution in [3.8, 4) is 0 Å². The number of β-amino-alcohol motifs (C(OH)–C–C–N with tert-alkyl or cyclic N) is 2. The van der Waals surface area contributed by atoms with Gasteiger partial charge in [-0.25, -0.2) is 0 Å². The summed E-state index contributed by atoms with van der Waals surface area (Å²) in [7, 11) is 0. The van der Waals surface area contributed by atoms with E-state index in [1.54, 1.807) is 24.3 Å². The Morgan fingerprint density at radius 1 is 0.875 bits per heavy atom. The Balaban J connectivity index is 1.42. The zero-order valence-electron chi connectivity index (χ0n) is 17.3. The molecule has 3 rings (SSSR count). The van der Waals surface area contributed by atoms with Gasteiger partial charge in [-0.3, -0.25) is 9.59 Å². The van der Waals surface area contributed by atoms with Crippen LogP contribution in [-0.4, -0.2) is 52.2 Å². The van der Waals surface area contributed by atoms with E-state index in [2.05, 4.69) is 5.32 Å². The first-order valence-corrected chi connectivity index (χ1v) is 10.3. The number of anilines is 1. The number of aryl methyl sites for hydroxylation is 2. The van der Waals surface area contributed by atoms with Gasteiger partial charge >= 0.3 is 6.18 Å². The number of nitrogens with one attached hydrogen (secondary N) is 1. The van der Waals surface area contributed by atoms with Gasteiger partial charge < -0.3 is 20.4 Å². The molecule has 0 unspecified atom stereocenters. The van der Waals surface area contributed by atoms with Crippen molar-refractivity contribution in [3.05, 3.63) is 65.2 Å². The van der Waals surface area contributed by atoms with Gasteiger partial charge in [0.15, 0.2) is 0 Å². The molecule has 9 heteroatoms. The third-order valence-corrected chi connectivity index (χ3v) is 5.40. The van der Waals surface area contributed by atoms with Crippen LogP contribution in [0.3, 0.4) is 0 Å². The number of benzene rings is 2. The number of hydrogen-bond acceptors (Lipinski definition) is 4. The van der Waals surface area contributed by atoms with E-state index in [1.165, 1.54) is 17.0 Å². The fourth-order valence-electron chi connectivity index (χ4n) is 3.48. The molecule has 6 nitrogen and oxygen atoms in total. The SMILES string of the molecule is O=C(CCc1ccc(C(F)(F)F)cc1)Nc1ccc(CCC(=O)N2C[C@@H](O)[C@H](O)C2)cc1. The number of hydrogen-bond donors (Lipinski definition) is 3. The third kappa shape index (κ3) is 6.54. The lowest BCUT2D eigenvalue weighted by atomic mass is 10.1. The third-order valence-electron chi connectivity index (χ3n) is 5.40.